The molecule has 1 atom stereocenters. The molecule has 1 aromatic rings. The number of aliphatic carboxylic acids is 1. The average Bonchev–Trinajstić information content (AvgIpc) is 2.41. The zero-order valence-electron chi connectivity index (χ0n) is 12.3. The average molecular weight is 281 g/mol. The molecule has 0 aromatic heterocycles. The second-order valence-corrected chi connectivity index (χ2v) is 4.71. The highest BCUT2D eigenvalue weighted by Gasteiger charge is 2.27. The van der Waals surface area contributed by atoms with Crippen LogP contribution in [0.4, 0.5) is 0 Å². The third-order valence-electron chi connectivity index (χ3n) is 3.14. The summed E-state index contributed by atoms with van der Waals surface area (Å²) in [6.45, 7) is 5.49. The molecule has 112 valence electrons. The highest BCUT2D eigenvalue weighted by molar-refractivity contribution is 5.76. The summed E-state index contributed by atoms with van der Waals surface area (Å²) in [4.78, 5) is 13.6. The molecule has 1 unspecified atom stereocenters. The Morgan fingerprint density at radius 1 is 1.30 bits per heavy atom. The van der Waals surface area contributed by atoms with Gasteiger partial charge in [-0.3, -0.25) is 9.69 Å². The smallest absolute Gasteiger partial charge is 0.325 e. The van der Waals surface area contributed by atoms with E-state index in [2.05, 4.69) is 0 Å². The predicted molar refractivity (Wildman–Crippen MR) is 77.2 cm³/mol. The molecule has 0 heterocycles. The number of aromatic hydroxyl groups is 1. The Balaban J connectivity index is 3.14. The highest BCUT2D eigenvalue weighted by Crippen LogP contribution is 2.31. The normalized spacial score (nSPS) is 12.4. The van der Waals surface area contributed by atoms with Gasteiger partial charge in [0.2, 0.25) is 0 Å². The number of hydrogen-bond donors (Lipinski definition) is 2. The van der Waals surface area contributed by atoms with Crippen LogP contribution in [0.1, 0.15) is 38.3 Å². The van der Waals surface area contributed by atoms with Gasteiger partial charge in [0, 0.05) is 0 Å². The number of carboxylic acid groups (broad SMARTS) is 1. The maximum Gasteiger partial charge on any atom is 0.325 e. The molecule has 0 amide bonds. The second kappa shape index (κ2) is 7.75. The van der Waals surface area contributed by atoms with Gasteiger partial charge in [-0.15, -0.1) is 0 Å². The topological polar surface area (TPSA) is 70.0 Å². The van der Waals surface area contributed by atoms with E-state index >= 15 is 0 Å². The lowest BCUT2D eigenvalue weighted by atomic mass is 10.0. The lowest BCUT2D eigenvalue weighted by Gasteiger charge is -2.28. The summed E-state index contributed by atoms with van der Waals surface area (Å²) < 4.78 is 5.05. The minimum absolute atomic E-state index is 0.0120. The van der Waals surface area contributed by atoms with E-state index in [1.165, 1.54) is 13.2 Å². The maximum absolute atomic E-state index is 11.6. The van der Waals surface area contributed by atoms with Crippen LogP contribution in [0, 0.1) is 0 Å². The molecule has 0 bridgehead atoms. The summed E-state index contributed by atoms with van der Waals surface area (Å²) in [6, 6.07) is 3.98. The number of benzene rings is 1. The number of rotatable bonds is 8. The number of ether oxygens (including phenoxy) is 1. The van der Waals surface area contributed by atoms with Crippen LogP contribution in [0.3, 0.4) is 0 Å². The lowest BCUT2D eigenvalue weighted by molar-refractivity contribution is -0.143. The molecule has 20 heavy (non-hydrogen) atoms. The Labute approximate surface area is 119 Å². The van der Waals surface area contributed by atoms with Crippen molar-refractivity contribution in [2.24, 2.45) is 0 Å². The fourth-order valence-corrected chi connectivity index (χ4v) is 2.32. The van der Waals surface area contributed by atoms with Crippen molar-refractivity contribution in [2.45, 2.75) is 32.7 Å². The Bertz CT molecular complexity index is 441. The second-order valence-electron chi connectivity index (χ2n) is 4.71. The van der Waals surface area contributed by atoms with Gasteiger partial charge >= 0.3 is 5.97 Å². The van der Waals surface area contributed by atoms with Gasteiger partial charge in [-0.2, -0.15) is 0 Å². The van der Waals surface area contributed by atoms with Gasteiger partial charge in [-0.05, 0) is 43.6 Å². The van der Waals surface area contributed by atoms with Crippen molar-refractivity contribution in [3.63, 3.8) is 0 Å². The molecule has 0 radical (unpaired) electrons. The van der Waals surface area contributed by atoms with E-state index in [0.717, 1.165) is 12.8 Å². The van der Waals surface area contributed by atoms with E-state index in [-0.39, 0.29) is 5.75 Å². The monoisotopic (exact) mass is 281 g/mol. The van der Waals surface area contributed by atoms with Crippen LogP contribution >= 0.6 is 0 Å². The first kappa shape index (κ1) is 16.3. The Morgan fingerprint density at radius 3 is 2.35 bits per heavy atom. The number of phenols is 1. The van der Waals surface area contributed by atoms with E-state index in [0.29, 0.717) is 24.4 Å². The highest BCUT2D eigenvalue weighted by atomic mass is 16.5. The van der Waals surface area contributed by atoms with Crippen molar-refractivity contribution in [3.8, 4) is 11.5 Å². The summed E-state index contributed by atoms with van der Waals surface area (Å²) in [6.07, 6.45) is 1.78. The molecule has 0 spiro atoms. The molecule has 0 aliphatic rings. The molecular formula is C15H23NO4. The summed E-state index contributed by atoms with van der Waals surface area (Å²) in [5.74, 6) is -0.584. The number of methoxy groups -OCH3 is 1. The van der Waals surface area contributed by atoms with Crippen molar-refractivity contribution >= 4 is 5.97 Å². The lowest BCUT2D eigenvalue weighted by Crippen LogP contribution is -2.35. The Kier molecular flexibility index (Phi) is 6.31. The van der Waals surface area contributed by atoms with Crippen LogP contribution in [-0.2, 0) is 4.79 Å². The molecular weight excluding hydrogens is 258 g/mol. The first-order valence-electron chi connectivity index (χ1n) is 6.88. The molecule has 0 aliphatic carbocycles. The quantitative estimate of drug-likeness (QED) is 0.766. The van der Waals surface area contributed by atoms with Crippen molar-refractivity contribution in [2.75, 3.05) is 20.2 Å². The van der Waals surface area contributed by atoms with Gasteiger partial charge in [-0.25, -0.2) is 0 Å². The van der Waals surface area contributed by atoms with Crippen LogP contribution in [0.2, 0.25) is 0 Å². The summed E-state index contributed by atoms with van der Waals surface area (Å²) in [5.41, 5.74) is 0.619. The van der Waals surface area contributed by atoms with Crippen LogP contribution < -0.4 is 4.74 Å². The summed E-state index contributed by atoms with van der Waals surface area (Å²) in [5, 5.41) is 19.2. The molecule has 1 rings (SSSR count). The van der Waals surface area contributed by atoms with Crippen LogP contribution in [0.25, 0.3) is 0 Å². The van der Waals surface area contributed by atoms with Gasteiger partial charge < -0.3 is 14.9 Å². The van der Waals surface area contributed by atoms with E-state index < -0.39 is 12.0 Å². The molecule has 5 heteroatoms. The standard InChI is InChI=1S/C15H23NO4/c1-4-8-16(9-5-2)14(15(18)19)11-6-7-12(17)13(10-11)20-3/h6-7,10,14,17H,4-5,8-9H2,1-3H3,(H,18,19). The van der Waals surface area contributed by atoms with Crippen molar-refractivity contribution < 1.29 is 19.7 Å². The Morgan fingerprint density at radius 2 is 1.90 bits per heavy atom. The fraction of sp³-hybridized carbons (Fsp3) is 0.533. The minimum Gasteiger partial charge on any atom is -0.504 e. The first-order valence-corrected chi connectivity index (χ1v) is 6.88. The van der Waals surface area contributed by atoms with Crippen molar-refractivity contribution in [1.29, 1.82) is 0 Å². The molecule has 0 fully saturated rings. The number of hydrogen-bond acceptors (Lipinski definition) is 4. The third kappa shape index (κ3) is 3.87. The largest absolute Gasteiger partial charge is 0.504 e. The van der Waals surface area contributed by atoms with Gasteiger partial charge in [0.25, 0.3) is 0 Å². The number of carbonyl (C=O) groups is 1. The predicted octanol–water partition coefficient (Wildman–Crippen LogP) is 2.65. The zero-order valence-corrected chi connectivity index (χ0v) is 12.3. The molecule has 0 saturated carbocycles. The van der Waals surface area contributed by atoms with Gasteiger partial charge in [0.05, 0.1) is 7.11 Å². The van der Waals surface area contributed by atoms with Crippen LogP contribution in [0.15, 0.2) is 18.2 Å². The zero-order chi connectivity index (χ0) is 15.1. The van der Waals surface area contributed by atoms with E-state index in [9.17, 15) is 15.0 Å². The van der Waals surface area contributed by atoms with Crippen molar-refractivity contribution in [1.82, 2.24) is 4.90 Å². The van der Waals surface area contributed by atoms with Crippen LogP contribution in [-0.4, -0.2) is 41.3 Å². The molecule has 2 N–H and O–H groups in total. The summed E-state index contributed by atoms with van der Waals surface area (Å²) >= 11 is 0. The number of carboxylic acids is 1. The Hall–Kier alpha value is -1.75. The van der Waals surface area contributed by atoms with Gasteiger partial charge in [0.1, 0.15) is 6.04 Å². The van der Waals surface area contributed by atoms with E-state index in [4.69, 9.17) is 4.74 Å². The molecule has 0 aliphatic heterocycles. The minimum atomic E-state index is -0.889. The van der Waals surface area contributed by atoms with Crippen molar-refractivity contribution in [3.05, 3.63) is 23.8 Å². The van der Waals surface area contributed by atoms with E-state index in [1.54, 1.807) is 12.1 Å². The number of nitrogens with zero attached hydrogens (tertiary/aromatic N) is 1. The molecule has 0 saturated heterocycles. The third-order valence-corrected chi connectivity index (χ3v) is 3.14. The fourth-order valence-electron chi connectivity index (χ4n) is 2.32. The molecule has 5 nitrogen and oxygen atoms in total. The first-order chi connectivity index (χ1) is 9.54. The maximum atomic E-state index is 11.6. The SMILES string of the molecule is CCCN(CCC)C(C(=O)O)c1ccc(O)c(OC)c1. The molecule has 1 aromatic carbocycles. The van der Waals surface area contributed by atoms with Crippen LogP contribution in [0.5, 0.6) is 11.5 Å². The van der Waals surface area contributed by atoms with E-state index in [1.807, 2.05) is 18.7 Å². The summed E-state index contributed by atoms with van der Waals surface area (Å²) in [7, 11) is 1.45. The van der Waals surface area contributed by atoms with Gasteiger partial charge in [0.15, 0.2) is 11.5 Å². The number of phenolic OH excluding ortho intramolecular Hbond substituents is 1. The van der Waals surface area contributed by atoms with Gasteiger partial charge in [-0.1, -0.05) is 19.9 Å².